The molecule has 1 amide bonds. The Labute approximate surface area is 188 Å². The highest BCUT2D eigenvalue weighted by atomic mass is 35.5. The van der Waals surface area contributed by atoms with Gasteiger partial charge in [-0.1, -0.05) is 31.5 Å². The van der Waals surface area contributed by atoms with E-state index in [4.69, 9.17) is 16.3 Å². The topological polar surface area (TPSA) is 87.7 Å². The average molecular weight is 466 g/mol. The zero-order chi connectivity index (χ0) is 22.6. The SMILES string of the molecule is COc1ccc(Cl)cc1NS(=O)(=O)c1cccc(C(=O)N2CCC[C@@H](NC(C)C)C2)c1. The van der Waals surface area contributed by atoms with Crippen molar-refractivity contribution < 1.29 is 17.9 Å². The molecule has 1 aliphatic heterocycles. The molecule has 0 saturated carbocycles. The predicted octanol–water partition coefficient (Wildman–Crippen LogP) is 3.75. The van der Waals surface area contributed by atoms with Crippen molar-refractivity contribution in [2.75, 3.05) is 24.9 Å². The molecule has 0 aliphatic carbocycles. The number of carbonyl (C=O) groups is 1. The molecule has 168 valence electrons. The lowest BCUT2D eigenvalue weighted by atomic mass is 10.0. The molecular weight excluding hydrogens is 438 g/mol. The summed E-state index contributed by atoms with van der Waals surface area (Å²) in [4.78, 5) is 14.8. The Morgan fingerprint density at radius 1 is 1.23 bits per heavy atom. The maximum Gasteiger partial charge on any atom is 0.262 e. The number of carbonyl (C=O) groups excluding carboxylic acids is 1. The van der Waals surface area contributed by atoms with Gasteiger partial charge in [0.05, 0.1) is 17.7 Å². The number of nitrogens with zero attached hydrogens (tertiary/aromatic N) is 1. The Hall–Kier alpha value is -2.29. The van der Waals surface area contributed by atoms with Crippen LogP contribution in [0.1, 0.15) is 37.0 Å². The molecule has 1 heterocycles. The van der Waals surface area contributed by atoms with E-state index in [1.165, 1.54) is 25.3 Å². The van der Waals surface area contributed by atoms with Crippen LogP contribution in [-0.2, 0) is 10.0 Å². The molecule has 0 spiro atoms. The molecule has 3 rings (SSSR count). The van der Waals surface area contributed by atoms with Crippen LogP contribution in [-0.4, -0.2) is 51.5 Å². The highest BCUT2D eigenvalue weighted by molar-refractivity contribution is 7.92. The summed E-state index contributed by atoms with van der Waals surface area (Å²) in [7, 11) is -2.50. The van der Waals surface area contributed by atoms with Crippen LogP contribution in [0.2, 0.25) is 5.02 Å². The van der Waals surface area contributed by atoms with E-state index < -0.39 is 10.0 Å². The van der Waals surface area contributed by atoms with Gasteiger partial charge in [-0.25, -0.2) is 8.42 Å². The van der Waals surface area contributed by atoms with Gasteiger partial charge in [0.1, 0.15) is 5.75 Å². The number of ether oxygens (including phenoxy) is 1. The zero-order valence-electron chi connectivity index (χ0n) is 17.9. The van der Waals surface area contributed by atoms with Gasteiger partial charge in [-0.2, -0.15) is 0 Å². The minimum Gasteiger partial charge on any atom is -0.495 e. The second kappa shape index (κ2) is 9.89. The van der Waals surface area contributed by atoms with Crippen molar-refractivity contribution in [2.45, 2.75) is 43.7 Å². The highest BCUT2D eigenvalue weighted by Gasteiger charge is 2.26. The maximum atomic E-state index is 13.1. The molecule has 7 nitrogen and oxygen atoms in total. The fraction of sp³-hybridized carbons (Fsp3) is 0.409. The molecule has 1 atom stereocenters. The van der Waals surface area contributed by atoms with Crippen molar-refractivity contribution in [1.29, 1.82) is 0 Å². The van der Waals surface area contributed by atoms with Gasteiger partial charge in [-0.05, 0) is 49.2 Å². The number of hydrogen-bond acceptors (Lipinski definition) is 5. The van der Waals surface area contributed by atoms with Crippen molar-refractivity contribution in [3.63, 3.8) is 0 Å². The van der Waals surface area contributed by atoms with Gasteiger partial charge in [0, 0.05) is 35.8 Å². The van der Waals surface area contributed by atoms with Gasteiger partial charge in [-0.3, -0.25) is 9.52 Å². The van der Waals surface area contributed by atoms with Crippen molar-refractivity contribution in [3.8, 4) is 5.75 Å². The molecule has 0 aromatic heterocycles. The van der Waals surface area contributed by atoms with Gasteiger partial charge in [-0.15, -0.1) is 0 Å². The van der Waals surface area contributed by atoms with Crippen LogP contribution in [0.4, 0.5) is 5.69 Å². The molecule has 31 heavy (non-hydrogen) atoms. The number of sulfonamides is 1. The van der Waals surface area contributed by atoms with E-state index in [0.29, 0.717) is 35.5 Å². The van der Waals surface area contributed by atoms with Crippen molar-refractivity contribution in [1.82, 2.24) is 10.2 Å². The summed E-state index contributed by atoms with van der Waals surface area (Å²) >= 11 is 6.00. The fourth-order valence-corrected chi connectivity index (χ4v) is 4.99. The van der Waals surface area contributed by atoms with Gasteiger partial charge in [0.2, 0.25) is 0 Å². The summed E-state index contributed by atoms with van der Waals surface area (Å²) in [5, 5.41) is 3.85. The normalized spacial score (nSPS) is 16.9. The van der Waals surface area contributed by atoms with E-state index in [1.807, 2.05) is 0 Å². The Kier molecular flexibility index (Phi) is 7.46. The molecule has 0 unspecified atom stereocenters. The summed E-state index contributed by atoms with van der Waals surface area (Å²) in [6, 6.07) is 11.3. The number of piperidine rings is 1. The first-order chi connectivity index (χ1) is 14.7. The Morgan fingerprint density at radius 2 is 2.00 bits per heavy atom. The van der Waals surface area contributed by atoms with Gasteiger partial charge < -0.3 is 15.0 Å². The van der Waals surface area contributed by atoms with Crippen LogP contribution in [0.5, 0.6) is 5.75 Å². The Morgan fingerprint density at radius 3 is 2.71 bits per heavy atom. The highest BCUT2D eigenvalue weighted by Crippen LogP contribution is 2.30. The van der Waals surface area contributed by atoms with E-state index in [2.05, 4.69) is 23.9 Å². The molecule has 1 aliphatic rings. The molecule has 0 radical (unpaired) electrons. The lowest BCUT2D eigenvalue weighted by molar-refractivity contribution is 0.0691. The molecular formula is C22H28ClN3O4S. The average Bonchev–Trinajstić information content (AvgIpc) is 2.73. The molecule has 2 N–H and O–H groups in total. The number of likely N-dealkylation sites (tertiary alicyclic amines) is 1. The number of hydrogen-bond donors (Lipinski definition) is 2. The number of methoxy groups -OCH3 is 1. The molecule has 2 aromatic rings. The van der Waals surface area contributed by atoms with E-state index >= 15 is 0 Å². The minimum atomic E-state index is -3.95. The second-order valence-corrected chi connectivity index (χ2v) is 10.0. The fourth-order valence-electron chi connectivity index (χ4n) is 3.71. The summed E-state index contributed by atoms with van der Waals surface area (Å²) in [5.41, 5.74) is 0.566. The number of benzene rings is 2. The number of nitrogens with one attached hydrogen (secondary N) is 2. The smallest absolute Gasteiger partial charge is 0.262 e. The van der Waals surface area contributed by atoms with Crippen molar-refractivity contribution in [3.05, 3.63) is 53.1 Å². The van der Waals surface area contributed by atoms with Gasteiger partial charge >= 0.3 is 0 Å². The van der Waals surface area contributed by atoms with Crippen LogP contribution in [0.25, 0.3) is 0 Å². The van der Waals surface area contributed by atoms with E-state index in [9.17, 15) is 13.2 Å². The molecule has 2 aromatic carbocycles. The lowest BCUT2D eigenvalue weighted by Crippen LogP contribution is -2.49. The van der Waals surface area contributed by atoms with E-state index in [-0.39, 0.29) is 22.5 Å². The zero-order valence-corrected chi connectivity index (χ0v) is 19.5. The first-order valence-corrected chi connectivity index (χ1v) is 12.1. The van der Waals surface area contributed by atoms with Crippen LogP contribution in [0.3, 0.4) is 0 Å². The Bertz CT molecular complexity index is 1040. The molecule has 9 heteroatoms. The molecule has 0 bridgehead atoms. The third-order valence-corrected chi connectivity index (χ3v) is 6.67. The van der Waals surface area contributed by atoms with Crippen LogP contribution in [0, 0.1) is 0 Å². The Balaban J connectivity index is 1.81. The summed E-state index contributed by atoms with van der Waals surface area (Å²) in [6.45, 7) is 5.42. The van der Waals surface area contributed by atoms with Crippen molar-refractivity contribution >= 4 is 33.2 Å². The second-order valence-electron chi connectivity index (χ2n) is 7.89. The van der Waals surface area contributed by atoms with Crippen LogP contribution in [0.15, 0.2) is 47.4 Å². The van der Waals surface area contributed by atoms with E-state index in [1.54, 1.807) is 29.2 Å². The van der Waals surface area contributed by atoms with Crippen LogP contribution < -0.4 is 14.8 Å². The first-order valence-electron chi connectivity index (χ1n) is 10.2. The largest absolute Gasteiger partial charge is 0.495 e. The minimum absolute atomic E-state index is 0.00533. The third kappa shape index (κ3) is 5.90. The van der Waals surface area contributed by atoms with Crippen molar-refractivity contribution in [2.24, 2.45) is 0 Å². The molecule has 1 saturated heterocycles. The number of anilines is 1. The lowest BCUT2D eigenvalue weighted by Gasteiger charge is -2.34. The van der Waals surface area contributed by atoms with Gasteiger partial charge in [0.25, 0.3) is 15.9 Å². The number of amides is 1. The van der Waals surface area contributed by atoms with Gasteiger partial charge in [0.15, 0.2) is 0 Å². The number of rotatable bonds is 7. The standard InChI is InChI=1S/C22H28ClN3O4S/c1-15(2)24-18-7-5-11-26(14-18)22(27)16-6-4-8-19(12-16)31(28,29)25-20-13-17(23)9-10-21(20)30-3/h4,6,8-10,12-13,15,18,24-25H,5,7,11,14H2,1-3H3/t18-/m1/s1. The predicted molar refractivity (Wildman–Crippen MR) is 122 cm³/mol. The number of halogens is 1. The van der Waals surface area contributed by atoms with E-state index in [0.717, 1.165) is 12.8 Å². The monoisotopic (exact) mass is 465 g/mol. The summed E-state index contributed by atoms with van der Waals surface area (Å²) in [6.07, 6.45) is 1.92. The quantitative estimate of drug-likeness (QED) is 0.650. The summed E-state index contributed by atoms with van der Waals surface area (Å²) in [5.74, 6) is 0.171. The van der Waals surface area contributed by atoms with Crippen LogP contribution >= 0.6 is 11.6 Å². The third-order valence-electron chi connectivity index (χ3n) is 5.07. The summed E-state index contributed by atoms with van der Waals surface area (Å²) < 4.78 is 33.6. The molecule has 1 fully saturated rings. The first kappa shape index (κ1) is 23.4. The maximum absolute atomic E-state index is 13.1.